The lowest BCUT2D eigenvalue weighted by Gasteiger charge is -2.34. The van der Waals surface area contributed by atoms with E-state index in [-0.39, 0.29) is 29.7 Å². The van der Waals surface area contributed by atoms with Gasteiger partial charge in [-0.2, -0.15) is 0 Å². The maximum absolute atomic E-state index is 14.5. The van der Waals surface area contributed by atoms with E-state index in [1.54, 1.807) is 30.3 Å². The number of rotatable bonds is 15. The van der Waals surface area contributed by atoms with Crippen LogP contribution in [-0.4, -0.2) is 44.3 Å². The van der Waals surface area contributed by atoms with Gasteiger partial charge in [-0.15, -0.1) is 0 Å². The number of hydrogen-bond acceptors (Lipinski definition) is 4. The molecule has 4 aromatic rings. The SMILES string of the molecule is CCCCNC(=O)C(Cc1ccccc1)N(Cc1ccc(Br)cc1)C(=O)CN(c1ccc(C(C)C)cc1)S(=O)(=O)c1ccccc1. The molecule has 0 aliphatic rings. The summed E-state index contributed by atoms with van der Waals surface area (Å²) in [6.45, 7) is 6.30. The van der Waals surface area contributed by atoms with E-state index in [2.05, 4.69) is 35.1 Å². The van der Waals surface area contributed by atoms with E-state index in [0.29, 0.717) is 12.2 Å². The Morgan fingerprint density at radius 2 is 1.41 bits per heavy atom. The van der Waals surface area contributed by atoms with Gasteiger partial charge in [-0.1, -0.05) is 116 Å². The van der Waals surface area contributed by atoms with E-state index in [9.17, 15) is 18.0 Å². The van der Waals surface area contributed by atoms with Crippen LogP contribution in [0.25, 0.3) is 0 Å². The Kier molecular flexibility index (Phi) is 12.6. The molecule has 0 heterocycles. The van der Waals surface area contributed by atoms with Crippen LogP contribution in [0.15, 0.2) is 119 Å². The van der Waals surface area contributed by atoms with Crippen molar-refractivity contribution in [1.29, 1.82) is 0 Å². The predicted octanol–water partition coefficient (Wildman–Crippen LogP) is 7.32. The summed E-state index contributed by atoms with van der Waals surface area (Å²) >= 11 is 3.47. The number of hydrogen-bond donors (Lipinski definition) is 1. The summed E-state index contributed by atoms with van der Waals surface area (Å²) < 4.78 is 30.3. The first-order chi connectivity index (χ1) is 22.1. The van der Waals surface area contributed by atoms with Gasteiger partial charge < -0.3 is 10.2 Å². The first kappa shape index (κ1) is 34.9. The molecule has 1 unspecified atom stereocenters. The van der Waals surface area contributed by atoms with Gasteiger partial charge in [0.25, 0.3) is 10.0 Å². The molecule has 4 aromatic carbocycles. The molecule has 0 saturated carbocycles. The van der Waals surface area contributed by atoms with Crippen molar-refractivity contribution < 1.29 is 18.0 Å². The maximum Gasteiger partial charge on any atom is 0.264 e. The molecule has 0 fully saturated rings. The highest BCUT2D eigenvalue weighted by Crippen LogP contribution is 2.27. The molecule has 1 atom stereocenters. The van der Waals surface area contributed by atoms with E-state index < -0.39 is 28.5 Å². The monoisotopic (exact) mass is 703 g/mol. The number of sulfonamides is 1. The molecule has 0 saturated heterocycles. The minimum absolute atomic E-state index is 0.0772. The van der Waals surface area contributed by atoms with E-state index in [1.165, 1.54) is 17.0 Å². The smallest absolute Gasteiger partial charge is 0.264 e. The number of nitrogens with one attached hydrogen (secondary N) is 1. The van der Waals surface area contributed by atoms with E-state index in [1.807, 2.05) is 73.7 Å². The fourth-order valence-corrected chi connectivity index (χ4v) is 6.82. The van der Waals surface area contributed by atoms with Gasteiger partial charge in [-0.05, 0) is 65.4 Å². The van der Waals surface area contributed by atoms with Crippen LogP contribution in [0.2, 0.25) is 0 Å². The second kappa shape index (κ2) is 16.6. The molecule has 9 heteroatoms. The summed E-state index contributed by atoms with van der Waals surface area (Å²) in [4.78, 5) is 30.0. The topological polar surface area (TPSA) is 86.8 Å². The summed E-state index contributed by atoms with van der Waals surface area (Å²) in [5, 5.41) is 3.02. The first-order valence-corrected chi connectivity index (χ1v) is 17.9. The predicted molar refractivity (Wildman–Crippen MR) is 188 cm³/mol. The number of unbranched alkanes of at least 4 members (excludes halogenated alkanes) is 1. The molecule has 7 nitrogen and oxygen atoms in total. The summed E-state index contributed by atoms with van der Waals surface area (Å²) in [7, 11) is -4.14. The number of carbonyl (C=O) groups excluding carboxylic acids is 2. The lowest BCUT2D eigenvalue weighted by Crippen LogP contribution is -2.53. The van der Waals surface area contributed by atoms with Crippen molar-refractivity contribution in [3.8, 4) is 0 Å². The maximum atomic E-state index is 14.5. The third-order valence-electron chi connectivity index (χ3n) is 7.82. The standard InChI is InChI=1S/C37H42BrN3O4S/c1-4-5-24-39-37(43)35(25-29-12-8-6-9-13-29)40(26-30-16-20-32(38)21-17-30)36(42)27-41(33-22-18-31(19-23-33)28(2)3)46(44,45)34-14-10-7-11-15-34/h6-23,28,35H,4-5,24-27H2,1-3H3,(H,39,43). The van der Waals surface area contributed by atoms with Crippen LogP contribution >= 0.6 is 15.9 Å². The third-order valence-corrected chi connectivity index (χ3v) is 10.1. The van der Waals surface area contributed by atoms with Crippen LogP contribution in [-0.2, 0) is 32.6 Å². The molecule has 46 heavy (non-hydrogen) atoms. The molecule has 0 aliphatic heterocycles. The fraction of sp³-hybridized carbons (Fsp3) is 0.297. The Hall–Kier alpha value is -3.95. The molecule has 4 rings (SSSR count). The molecule has 0 aromatic heterocycles. The van der Waals surface area contributed by atoms with Crippen LogP contribution in [0, 0.1) is 0 Å². The lowest BCUT2D eigenvalue weighted by molar-refractivity contribution is -0.140. The Bertz CT molecular complexity index is 1660. The number of carbonyl (C=O) groups is 2. The second-order valence-electron chi connectivity index (χ2n) is 11.6. The van der Waals surface area contributed by atoms with Crippen molar-refractivity contribution >= 4 is 43.5 Å². The molecule has 0 bridgehead atoms. The van der Waals surface area contributed by atoms with Crippen LogP contribution in [0.3, 0.4) is 0 Å². The minimum Gasteiger partial charge on any atom is -0.354 e. The van der Waals surface area contributed by atoms with Crippen molar-refractivity contribution in [2.45, 2.75) is 63.4 Å². The van der Waals surface area contributed by atoms with Gasteiger partial charge in [-0.25, -0.2) is 8.42 Å². The van der Waals surface area contributed by atoms with E-state index in [4.69, 9.17) is 0 Å². The highest BCUT2D eigenvalue weighted by atomic mass is 79.9. The quantitative estimate of drug-likeness (QED) is 0.132. The summed E-state index contributed by atoms with van der Waals surface area (Å²) in [5.74, 6) is -0.510. The van der Waals surface area contributed by atoms with Gasteiger partial charge >= 0.3 is 0 Å². The molecular formula is C37H42BrN3O4S. The molecule has 1 N–H and O–H groups in total. The molecule has 242 valence electrons. The fourth-order valence-electron chi connectivity index (χ4n) is 5.12. The average molecular weight is 705 g/mol. The van der Waals surface area contributed by atoms with Gasteiger partial charge in [-0.3, -0.25) is 13.9 Å². The number of anilines is 1. The Morgan fingerprint density at radius 3 is 2.00 bits per heavy atom. The van der Waals surface area contributed by atoms with Crippen LogP contribution in [0.5, 0.6) is 0 Å². The average Bonchev–Trinajstić information content (AvgIpc) is 3.07. The van der Waals surface area contributed by atoms with Crippen LogP contribution < -0.4 is 9.62 Å². The van der Waals surface area contributed by atoms with Crippen LogP contribution in [0.4, 0.5) is 5.69 Å². The molecule has 2 amide bonds. The zero-order chi connectivity index (χ0) is 33.1. The first-order valence-electron chi connectivity index (χ1n) is 15.6. The largest absolute Gasteiger partial charge is 0.354 e. The minimum atomic E-state index is -4.14. The van der Waals surface area contributed by atoms with Gasteiger partial charge in [0.1, 0.15) is 12.6 Å². The third kappa shape index (κ3) is 9.30. The van der Waals surface area contributed by atoms with Crippen molar-refractivity contribution in [3.63, 3.8) is 0 Å². The molecule has 0 aliphatic carbocycles. The van der Waals surface area contributed by atoms with Crippen molar-refractivity contribution in [3.05, 3.63) is 130 Å². The second-order valence-corrected chi connectivity index (χ2v) is 14.3. The molecule has 0 radical (unpaired) electrons. The highest BCUT2D eigenvalue weighted by Gasteiger charge is 2.34. The van der Waals surface area contributed by atoms with Crippen molar-refractivity contribution in [1.82, 2.24) is 10.2 Å². The lowest BCUT2D eigenvalue weighted by atomic mass is 10.0. The summed E-state index contributed by atoms with van der Waals surface area (Å²) in [5.41, 5.74) is 3.13. The number of nitrogens with zero attached hydrogens (tertiary/aromatic N) is 2. The van der Waals surface area contributed by atoms with Crippen molar-refractivity contribution in [2.75, 3.05) is 17.4 Å². The van der Waals surface area contributed by atoms with Crippen LogP contribution in [0.1, 0.15) is 56.2 Å². The van der Waals surface area contributed by atoms with E-state index in [0.717, 1.165) is 38.3 Å². The van der Waals surface area contributed by atoms with Gasteiger partial charge in [0, 0.05) is 24.0 Å². The number of benzene rings is 4. The Labute approximate surface area is 281 Å². The van der Waals surface area contributed by atoms with Gasteiger partial charge in [0.2, 0.25) is 11.8 Å². The Morgan fingerprint density at radius 1 is 0.804 bits per heavy atom. The zero-order valence-corrected chi connectivity index (χ0v) is 29.0. The van der Waals surface area contributed by atoms with Crippen molar-refractivity contribution in [2.24, 2.45) is 0 Å². The molecule has 0 spiro atoms. The number of halogens is 1. The summed E-state index contributed by atoms with van der Waals surface area (Å²) in [6, 6.07) is 31.6. The Balaban J connectivity index is 1.78. The highest BCUT2D eigenvalue weighted by molar-refractivity contribution is 9.10. The summed E-state index contributed by atoms with van der Waals surface area (Å²) in [6.07, 6.45) is 1.99. The van der Waals surface area contributed by atoms with Gasteiger partial charge in [0.15, 0.2) is 0 Å². The zero-order valence-electron chi connectivity index (χ0n) is 26.6. The molecular weight excluding hydrogens is 662 g/mol. The normalized spacial score (nSPS) is 12.0. The number of amides is 2. The van der Waals surface area contributed by atoms with E-state index >= 15 is 0 Å². The van der Waals surface area contributed by atoms with Gasteiger partial charge in [0.05, 0.1) is 10.6 Å².